The molecule has 0 unspecified atom stereocenters. The summed E-state index contributed by atoms with van der Waals surface area (Å²) in [5, 5.41) is 17.0. The molecule has 12 heteroatoms. The molecule has 0 saturated carbocycles. The van der Waals surface area contributed by atoms with Gasteiger partial charge in [0.25, 0.3) is 11.6 Å². The molecule has 0 atom stereocenters. The molecule has 31 heavy (non-hydrogen) atoms. The zero-order valence-electron chi connectivity index (χ0n) is 16.4. The monoisotopic (exact) mass is 429 g/mol. The molecule has 0 spiro atoms. The smallest absolute Gasteiger partial charge is 0.352 e. The van der Waals surface area contributed by atoms with Gasteiger partial charge < -0.3 is 10.1 Å². The second-order valence-electron chi connectivity index (χ2n) is 6.36. The molecular formula is C19H16FN5O6. The fourth-order valence-corrected chi connectivity index (χ4v) is 2.76. The molecule has 0 fully saturated rings. The van der Waals surface area contributed by atoms with Gasteiger partial charge in [-0.3, -0.25) is 19.7 Å². The molecule has 3 aromatic rings. The van der Waals surface area contributed by atoms with Crippen LogP contribution in [0.5, 0.6) is 5.88 Å². The number of rotatable bonds is 6. The lowest BCUT2D eigenvalue weighted by Gasteiger charge is -2.13. The molecule has 2 aromatic carbocycles. The number of ether oxygens (including phenoxy) is 1. The van der Waals surface area contributed by atoms with Gasteiger partial charge in [0, 0.05) is 19.1 Å². The van der Waals surface area contributed by atoms with Crippen LogP contribution in [0.4, 0.5) is 15.8 Å². The number of non-ortho nitro benzene ring substituents is 1. The Labute approximate surface area is 173 Å². The van der Waals surface area contributed by atoms with Gasteiger partial charge >= 0.3 is 11.2 Å². The number of hydrogen-bond donors (Lipinski definition) is 1. The minimum absolute atomic E-state index is 0.0749. The van der Waals surface area contributed by atoms with Gasteiger partial charge in [0.15, 0.2) is 0 Å². The van der Waals surface area contributed by atoms with E-state index in [1.165, 1.54) is 50.4 Å². The molecule has 11 nitrogen and oxygen atoms in total. The SMILES string of the molecule is COc1nn(-c2ccc(F)c(NC(C)=O)c2)c(=O)n(Cc2ccc([N+](=O)[O-])cc2)c1=O. The summed E-state index contributed by atoms with van der Waals surface area (Å²) in [5.41, 5.74) is -1.47. The zero-order chi connectivity index (χ0) is 22.7. The Balaban J connectivity index is 2.12. The van der Waals surface area contributed by atoms with Gasteiger partial charge in [-0.1, -0.05) is 12.1 Å². The normalized spacial score (nSPS) is 10.5. The summed E-state index contributed by atoms with van der Waals surface area (Å²) in [6.45, 7) is 0.984. The second kappa shape index (κ2) is 8.57. The number of anilines is 1. The number of hydrogen-bond acceptors (Lipinski definition) is 7. The highest BCUT2D eigenvalue weighted by molar-refractivity contribution is 5.89. The summed E-state index contributed by atoms with van der Waals surface area (Å²) in [4.78, 5) is 47.1. The quantitative estimate of drug-likeness (QED) is 0.462. The number of nitro benzene ring substituents is 1. The highest BCUT2D eigenvalue weighted by atomic mass is 19.1. The highest BCUT2D eigenvalue weighted by Gasteiger charge is 2.17. The fourth-order valence-electron chi connectivity index (χ4n) is 2.76. The average Bonchev–Trinajstić information content (AvgIpc) is 2.73. The van der Waals surface area contributed by atoms with Crippen LogP contribution in [-0.2, 0) is 11.3 Å². The van der Waals surface area contributed by atoms with Gasteiger partial charge in [-0.15, -0.1) is 5.10 Å². The number of benzene rings is 2. The van der Waals surface area contributed by atoms with Crippen molar-refractivity contribution < 1.29 is 18.8 Å². The molecule has 160 valence electrons. The van der Waals surface area contributed by atoms with Crippen LogP contribution in [0.1, 0.15) is 12.5 Å². The summed E-state index contributed by atoms with van der Waals surface area (Å²) in [7, 11) is 1.20. The van der Waals surface area contributed by atoms with Crippen molar-refractivity contribution in [2.24, 2.45) is 0 Å². The summed E-state index contributed by atoms with van der Waals surface area (Å²) < 4.78 is 20.6. The van der Waals surface area contributed by atoms with Crippen LogP contribution in [0, 0.1) is 15.9 Å². The molecule has 0 saturated heterocycles. The first-order valence-corrected chi connectivity index (χ1v) is 8.80. The molecule has 0 aliphatic rings. The van der Waals surface area contributed by atoms with Crippen molar-refractivity contribution in [1.29, 1.82) is 0 Å². The van der Waals surface area contributed by atoms with E-state index < -0.39 is 33.8 Å². The minimum atomic E-state index is -0.857. The minimum Gasteiger partial charge on any atom is -0.476 e. The van der Waals surface area contributed by atoms with E-state index in [1.807, 2.05) is 0 Å². The molecule has 1 N–H and O–H groups in total. The van der Waals surface area contributed by atoms with E-state index in [2.05, 4.69) is 10.4 Å². The molecule has 1 heterocycles. The van der Waals surface area contributed by atoms with Gasteiger partial charge in [0.1, 0.15) is 5.82 Å². The highest BCUT2D eigenvalue weighted by Crippen LogP contribution is 2.18. The number of halogens is 1. The van der Waals surface area contributed by atoms with Crippen molar-refractivity contribution in [2.75, 3.05) is 12.4 Å². The lowest BCUT2D eigenvalue weighted by molar-refractivity contribution is -0.384. The predicted molar refractivity (Wildman–Crippen MR) is 107 cm³/mol. The first kappa shape index (κ1) is 21.4. The van der Waals surface area contributed by atoms with Crippen LogP contribution >= 0.6 is 0 Å². The Kier molecular flexibility index (Phi) is 5.90. The fraction of sp³-hybridized carbons (Fsp3) is 0.158. The van der Waals surface area contributed by atoms with Crippen molar-refractivity contribution in [3.8, 4) is 11.6 Å². The van der Waals surface area contributed by atoms with Gasteiger partial charge in [-0.05, 0) is 23.8 Å². The first-order valence-electron chi connectivity index (χ1n) is 8.80. The van der Waals surface area contributed by atoms with Crippen LogP contribution < -0.4 is 21.3 Å². The van der Waals surface area contributed by atoms with Crippen molar-refractivity contribution in [2.45, 2.75) is 13.5 Å². The lowest BCUT2D eigenvalue weighted by atomic mass is 10.2. The third-order valence-corrected chi connectivity index (χ3v) is 4.22. The van der Waals surface area contributed by atoms with E-state index in [1.54, 1.807) is 0 Å². The van der Waals surface area contributed by atoms with Crippen LogP contribution in [0.3, 0.4) is 0 Å². The Morgan fingerprint density at radius 3 is 2.48 bits per heavy atom. The van der Waals surface area contributed by atoms with Crippen molar-refractivity contribution in [3.05, 3.63) is 84.8 Å². The maximum atomic E-state index is 14.0. The largest absolute Gasteiger partial charge is 0.476 e. The average molecular weight is 429 g/mol. The Bertz CT molecular complexity index is 1280. The van der Waals surface area contributed by atoms with Crippen molar-refractivity contribution in [3.63, 3.8) is 0 Å². The third kappa shape index (κ3) is 4.47. The van der Waals surface area contributed by atoms with E-state index in [4.69, 9.17) is 4.74 Å². The number of amides is 1. The van der Waals surface area contributed by atoms with Crippen LogP contribution in [0.2, 0.25) is 0 Å². The predicted octanol–water partition coefficient (Wildman–Crippen LogP) is 1.46. The zero-order valence-corrected chi connectivity index (χ0v) is 16.4. The van der Waals surface area contributed by atoms with Crippen molar-refractivity contribution >= 4 is 17.3 Å². The second-order valence-corrected chi connectivity index (χ2v) is 6.36. The van der Waals surface area contributed by atoms with E-state index in [9.17, 15) is 28.9 Å². The molecule has 1 amide bonds. The molecular weight excluding hydrogens is 413 g/mol. The van der Waals surface area contributed by atoms with Crippen molar-refractivity contribution in [1.82, 2.24) is 14.3 Å². The van der Waals surface area contributed by atoms with Gasteiger partial charge in [-0.2, -0.15) is 4.68 Å². The van der Waals surface area contributed by atoms with E-state index in [-0.39, 0.29) is 23.6 Å². The van der Waals surface area contributed by atoms with Gasteiger partial charge in [-0.25, -0.2) is 13.8 Å². The third-order valence-electron chi connectivity index (χ3n) is 4.22. The Morgan fingerprint density at radius 1 is 1.23 bits per heavy atom. The summed E-state index contributed by atoms with van der Waals surface area (Å²) >= 11 is 0. The molecule has 0 bridgehead atoms. The summed E-state index contributed by atoms with van der Waals surface area (Å²) in [5.74, 6) is -1.64. The number of carbonyl (C=O) groups is 1. The van der Waals surface area contributed by atoms with E-state index in [0.29, 0.717) is 5.56 Å². The molecule has 0 aliphatic carbocycles. The molecule has 0 aliphatic heterocycles. The Hall–Kier alpha value is -4.35. The standard InChI is InChI=1S/C19H16FN5O6/c1-11(26)21-16-9-14(7-8-15(16)20)24-19(28)23(18(27)17(22-24)31-2)10-12-3-5-13(6-4-12)25(29)30/h3-9H,10H2,1-2H3,(H,21,26). The van der Waals surface area contributed by atoms with Crippen LogP contribution in [0.15, 0.2) is 52.1 Å². The maximum Gasteiger partial charge on any atom is 0.352 e. The molecule has 1 aromatic heterocycles. The maximum absolute atomic E-state index is 14.0. The first-order chi connectivity index (χ1) is 14.7. The van der Waals surface area contributed by atoms with Gasteiger partial charge in [0.2, 0.25) is 5.91 Å². The number of nitrogens with one attached hydrogen (secondary N) is 1. The van der Waals surface area contributed by atoms with Crippen LogP contribution in [0.25, 0.3) is 5.69 Å². The van der Waals surface area contributed by atoms with E-state index >= 15 is 0 Å². The van der Waals surface area contributed by atoms with E-state index in [0.717, 1.165) is 15.3 Å². The van der Waals surface area contributed by atoms with Crippen LogP contribution in [-0.4, -0.2) is 32.3 Å². The Morgan fingerprint density at radius 2 is 1.90 bits per heavy atom. The van der Waals surface area contributed by atoms with Gasteiger partial charge in [0.05, 0.1) is 30.0 Å². The number of aromatic nitrogens is 3. The lowest BCUT2D eigenvalue weighted by Crippen LogP contribution is -2.41. The number of carbonyl (C=O) groups excluding carboxylic acids is 1. The molecule has 0 radical (unpaired) electrons. The number of nitro groups is 1. The molecule has 3 rings (SSSR count). The number of nitrogens with zero attached hydrogens (tertiary/aromatic N) is 4. The summed E-state index contributed by atoms with van der Waals surface area (Å²) in [6.07, 6.45) is 0. The summed E-state index contributed by atoms with van der Waals surface area (Å²) in [6, 6.07) is 8.78. The number of methoxy groups -OCH3 is 1. The topological polar surface area (TPSA) is 138 Å².